The van der Waals surface area contributed by atoms with Gasteiger partial charge in [0.1, 0.15) is 6.61 Å². The van der Waals surface area contributed by atoms with Crippen LogP contribution in [0.2, 0.25) is 0 Å². The first-order valence-electron chi connectivity index (χ1n) is 11.6. The van der Waals surface area contributed by atoms with Crippen molar-refractivity contribution in [3.05, 3.63) is 59.7 Å². The van der Waals surface area contributed by atoms with Crippen molar-refractivity contribution in [2.45, 2.75) is 51.5 Å². The lowest BCUT2D eigenvalue weighted by Gasteiger charge is -2.21. The molecule has 2 atom stereocenters. The van der Waals surface area contributed by atoms with E-state index in [0.29, 0.717) is 12.8 Å². The predicted molar refractivity (Wildman–Crippen MR) is 126 cm³/mol. The SMILES string of the molecule is CCC[C@@H](CC(=O)O)NC(=O)C(CC)CNC(=O)OCC1c2ccccc2-c2ccccc21. The fraction of sp³-hybridized carbons (Fsp3) is 0.423. The predicted octanol–water partition coefficient (Wildman–Crippen LogP) is 4.31. The maximum Gasteiger partial charge on any atom is 0.407 e. The average Bonchev–Trinajstić information content (AvgIpc) is 3.11. The minimum absolute atomic E-state index is 0.0285. The monoisotopic (exact) mass is 452 g/mol. The molecule has 0 spiro atoms. The Bertz CT molecular complexity index is 945. The summed E-state index contributed by atoms with van der Waals surface area (Å²) in [6, 6.07) is 15.8. The highest BCUT2D eigenvalue weighted by Gasteiger charge is 2.29. The molecule has 0 fully saturated rings. The summed E-state index contributed by atoms with van der Waals surface area (Å²) in [5.41, 5.74) is 4.59. The van der Waals surface area contributed by atoms with Crippen molar-refractivity contribution in [2.24, 2.45) is 5.92 Å². The Kier molecular flexibility index (Phi) is 8.46. The molecule has 33 heavy (non-hydrogen) atoms. The second-order valence-electron chi connectivity index (χ2n) is 8.40. The molecule has 0 saturated heterocycles. The maximum absolute atomic E-state index is 12.6. The number of carbonyl (C=O) groups is 3. The molecule has 7 nitrogen and oxygen atoms in total. The van der Waals surface area contributed by atoms with Gasteiger partial charge >= 0.3 is 12.1 Å². The van der Waals surface area contributed by atoms with Crippen LogP contribution in [0, 0.1) is 5.92 Å². The maximum atomic E-state index is 12.6. The van der Waals surface area contributed by atoms with E-state index in [-0.39, 0.29) is 31.4 Å². The fourth-order valence-electron chi connectivity index (χ4n) is 4.38. The van der Waals surface area contributed by atoms with Crippen LogP contribution in [0.25, 0.3) is 11.1 Å². The van der Waals surface area contributed by atoms with Crippen LogP contribution in [0.15, 0.2) is 48.5 Å². The number of carboxylic acid groups (broad SMARTS) is 1. The molecule has 176 valence electrons. The van der Waals surface area contributed by atoms with Gasteiger partial charge in [-0.1, -0.05) is 68.8 Å². The van der Waals surface area contributed by atoms with Gasteiger partial charge in [0.25, 0.3) is 0 Å². The van der Waals surface area contributed by atoms with Crippen molar-refractivity contribution in [1.82, 2.24) is 10.6 Å². The van der Waals surface area contributed by atoms with Gasteiger partial charge < -0.3 is 20.5 Å². The minimum Gasteiger partial charge on any atom is -0.481 e. The Morgan fingerprint density at radius 3 is 2.15 bits per heavy atom. The number of hydrogen-bond donors (Lipinski definition) is 3. The molecule has 2 amide bonds. The molecule has 0 bridgehead atoms. The molecule has 1 aliphatic carbocycles. The van der Waals surface area contributed by atoms with Gasteiger partial charge in [-0.05, 0) is 35.1 Å². The van der Waals surface area contributed by atoms with Crippen molar-refractivity contribution < 1.29 is 24.2 Å². The number of amides is 2. The van der Waals surface area contributed by atoms with E-state index in [1.54, 1.807) is 0 Å². The number of carboxylic acids is 1. The molecule has 7 heteroatoms. The molecule has 1 unspecified atom stereocenters. The molecule has 1 aliphatic rings. The minimum atomic E-state index is -0.946. The Morgan fingerprint density at radius 2 is 1.61 bits per heavy atom. The van der Waals surface area contributed by atoms with Gasteiger partial charge in [0.2, 0.25) is 5.91 Å². The molecule has 2 aromatic carbocycles. The normalized spacial score (nSPS) is 14.0. The van der Waals surface area contributed by atoms with Crippen LogP contribution in [0.1, 0.15) is 56.6 Å². The summed E-state index contributed by atoms with van der Waals surface area (Å²) in [4.78, 5) is 36.0. The number of carbonyl (C=O) groups excluding carboxylic acids is 2. The van der Waals surface area contributed by atoms with Crippen LogP contribution in [-0.4, -0.2) is 42.3 Å². The second kappa shape index (κ2) is 11.5. The van der Waals surface area contributed by atoms with Crippen molar-refractivity contribution in [3.8, 4) is 11.1 Å². The third kappa shape index (κ3) is 6.12. The zero-order valence-electron chi connectivity index (χ0n) is 19.2. The Labute approximate surface area is 194 Å². The highest BCUT2D eigenvalue weighted by atomic mass is 16.5. The highest BCUT2D eigenvalue weighted by Crippen LogP contribution is 2.44. The van der Waals surface area contributed by atoms with Crippen molar-refractivity contribution >= 4 is 18.0 Å². The summed E-state index contributed by atoms with van der Waals surface area (Å²) >= 11 is 0. The first-order chi connectivity index (χ1) is 15.9. The summed E-state index contributed by atoms with van der Waals surface area (Å²) in [5.74, 6) is -1.69. The van der Waals surface area contributed by atoms with E-state index < -0.39 is 24.0 Å². The number of fused-ring (bicyclic) bond motifs is 3. The highest BCUT2D eigenvalue weighted by molar-refractivity contribution is 5.81. The third-order valence-electron chi connectivity index (χ3n) is 6.10. The van der Waals surface area contributed by atoms with Crippen molar-refractivity contribution in [3.63, 3.8) is 0 Å². The molecule has 3 N–H and O–H groups in total. The van der Waals surface area contributed by atoms with Gasteiger partial charge in [0.05, 0.1) is 12.3 Å². The molecule has 0 saturated carbocycles. The number of alkyl carbamates (subject to hydrolysis) is 1. The zero-order valence-corrected chi connectivity index (χ0v) is 19.2. The Hall–Kier alpha value is -3.35. The molecule has 2 aromatic rings. The number of aliphatic carboxylic acids is 1. The lowest BCUT2D eigenvalue weighted by molar-refractivity contribution is -0.137. The number of nitrogens with one attached hydrogen (secondary N) is 2. The Morgan fingerprint density at radius 1 is 1.00 bits per heavy atom. The van der Waals surface area contributed by atoms with Gasteiger partial charge in [0.15, 0.2) is 0 Å². The summed E-state index contributed by atoms with van der Waals surface area (Å²) in [7, 11) is 0. The largest absolute Gasteiger partial charge is 0.481 e. The molecule has 3 rings (SSSR count). The van der Waals surface area contributed by atoms with E-state index in [4.69, 9.17) is 9.84 Å². The van der Waals surface area contributed by atoms with Crippen LogP contribution in [0.5, 0.6) is 0 Å². The van der Waals surface area contributed by atoms with Crippen LogP contribution in [0.4, 0.5) is 4.79 Å². The summed E-state index contributed by atoms with van der Waals surface area (Å²) in [5, 5.41) is 14.5. The quantitative estimate of drug-likeness (QED) is 0.471. The van der Waals surface area contributed by atoms with Crippen LogP contribution in [-0.2, 0) is 14.3 Å². The summed E-state index contributed by atoms with van der Waals surface area (Å²) in [6.07, 6.45) is 1.19. The van der Waals surface area contributed by atoms with Crippen molar-refractivity contribution in [1.29, 1.82) is 0 Å². The number of ether oxygens (including phenoxy) is 1. The Balaban J connectivity index is 1.53. The third-order valence-corrected chi connectivity index (χ3v) is 6.10. The van der Waals surface area contributed by atoms with Gasteiger partial charge in [-0.25, -0.2) is 4.79 Å². The summed E-state index contributed by atoms with van der Waals surface area (Å²) in [6.45, 7) is 4.14. The van der Waals surface area contributed by atoms with E-state index in [1.165, 1.54) is 0 Å². The number of rotatable bonds is 11. The molecule has 0 aromatic heterocycles. The van der Waals surface area contributed by atoms with E-state index >= 15 is 0 Å². The van der Waals surface area contributed by atoms with Crippen molar-refractivity contribution in [2.75, 3.05) is 13.2 Å². The number of hydrogen-bond acceptors (Lipinski definition) is 4. The smallest absolute Gasteiger partial charge is 0.407 e. The second-order valence-corrected chi connectivity index (χ2v) is 8.40. The standard InChI is InChI=1S/C26H32N2O5/c1-3-9-18(14-24(29)30)28-25(31)17(4-2)15-27-26(32)33-16-23-21-12-7-5-10-19(21)20-11-6-8-13-22(20)23/h5-8,10-13,17-18,23H,3-4,9,14-16H2,1-2H3,(H,27,32)(H,28,31)(H,29,30)/t17?,18-/m0/s1. The van der Waals surface area contributed by atoms with Gasteiger partial charge in [-0.15, -0.1) is 0 Å². The van der Waals surface area contributed by atoms with E-state index in [1.807, 2.05) is 38.1 Å². The van der Waals surface area contributed by atoms with Crippen LogP contribution in [0.3, 0.4) is 0 Å². The average molecular weight is 453 g/mol. The van der Waals surface area contributed by atoms with Crippen LogP contribution >= 0.6 is 0 Å². The first-order valence-corrected chi connectivity index (χ1v) is 11.6. The fourth-order valence-corrected chi connectivity index (χ4v) is 4.38. The molecule has 0 aliphatic heterocycles. The van der Waals surface area contributed by atoms with Gasteiger partial charge in [-0.3, -0.25) is 9.59 Å². The van der Waals surface area contributed by atoms with E-state index in [2.05, 4.69) is 34.9 Å². The van der Waals surface area contributed by atoms with Crippen LogP contribution < -0.4 is 10.6 Å². The summed E-state index contributed by atoms with van der Waals surface area (Å²) < 4.78 is 5.53. The molecular formula is C26H32N2O5. The first kappa shape index (κ1) is 24.3. The molecule has 0 heterocycles. The topological polar surface area (TPSA) is 105 Å². The van der Waals surface area contributed by atoms with E-state index in [9.17, 15) is 14.4 Å². The number of benzene rings is 2. The van der Waals surface area contributed by atoms with E-state index in [0.717, 1.165) is 28.7 Å². The zero-order chi connectivity index (χ0) is 23.8. The lowest BCUT2D eigenvalue weighted by Crippen LogP contribution is -2.43. The van der Waals surface area contributed by atoms with Gasteiger partial charge in [0, 0.05) is 18.5 Å². The van der Waals surface area contributed by atoms with Gasteiger partial charge in [-0.2, -0.15) is 0 Å². The molecule has 0 radical (unpaired) electrons. The molecular weight excluding hydrogens is 420 g/mol. The lowest BCUT2D eigenvalue weighted by atomic mass is 9.98.